The zero-order valence-corrected chi connectivity index (χ0v) is 12.3. The van der Waals surface area contributed by atoms with E-state index in [0.29, 0.717) is 0 Å². The number of carbonyl (C=O) groups is 1. The van der Waals surface area contributed by atoms with Gasteiger partial charge in [-0.25, -0.2) is 4.39 Å². The van der Waals surface area contributed by atoms with E-state index in [9.17, 15) is 14.3 Å². The number of hydrogen-bond acceptors (Lipinski definition) is 3. The molecule has 0 fully saturated rings. The Hall–Kier alpha value is -1.43. The van der Waals surface area contributed by atoms with Gasteiger partial charge in [0, 0.05) is 10.4 Å². The molecule has 0 saturated carbocycles. The monoisotopic (exact) mass is 313 g/mol. The molecule has 1 atom stereocenters. The van der Waals surface area contributed by atoms with Gasteiger partial charge < -0.3 is 10.4 Å². The number of halogens is 2. The van der Waals surface area contributed by atoms with Crippen molar-refractivity contribution in [3.63, 3.8) is 0 Å². The van der Waals surface area contributed by atoms with E-state index in [1.54, 1.807) is 13.0 Å². The second-order valence-corrected chi connectivity index (χ2v) is 5.92. The third-order valence-electron chi connectivity index (χ3n) is 2.83. The smallest absolute Gasteiger partial charge is 0.251 e. The van der Waals surface area contributed by atoms with Crippen LogP contribution in [0, 0.1) is 5.82 Å². The normalized spacial score (nSPS) is 13.8. The maximum Gasteiger partial charge on any atom is 0.251 e. The molecule has 1 aromatic carbocycles. The van der Waals surface area contributed by atoms with Gasteiger partial charge in [0.2, 0.25) is 0 Å². The highest BCUT2D eigenvalue weighted by Gasteiger charge is 2.25. The first-order chi connectivity index (χ1) is 9.40. The van der Waals surface area contributed by atoms with Gasteiger partial charge in [0.05, 0.1) is 11.6 Å². The lowest BCUT2D eigenvalue weighted by Crippen LogP contribution is -2.38. The number of rotatable bonds is 4. The largest absolute Gasteiger partial charge is 0.383 e. The van der Waals surface area contributed by atoms with E-state index in [2.05, 4.69) is 5.32 Å². The number of aliphatic hydroxyl groups is 1. The molecular formula is C14H13ClFNO2S. The van der Waals surface area contributed by atoms with Crippen LogP contribution in [-0.2, 0) is 5.60 Å². The Bertz CT molecular complexity index is 614. The summed E-state index contributed by atoms with van der Waals surface area (Å²) in [4.78, 5) is 12.6. The van der Waals surface area contributed by atoms with E-state index < -0.39 is 17.3 Å². The minimum absolute atomic E-state index is 0.0351. The Morgan fingerprint density at radius 2 is 2.25 bits per heavy atom. The summed E-state index contributed by atoms with van der Waals surface area (Å²) in [5.74, 6) is -1.11. The van der Waals surface area contributed by atoms with Crippen molar-refractivity contribution in [1.82, 2.24) is 5.32 Å². The number of thiophene rings is 1. The maximum atomic E-state index is 13.3. The standard InChI is InChI=1S/C14H13ClFNO2S/c1-14(19,12-3-2-6-20-12)8-17-13(18)9-4-5-10(15)11(16)7-9/h2-7,19H,8H2,1H3,(H,17,18). The lowest BCUT2D eigenvalue weighted by molar-refractivity contribution is 0.0556. The molecule has 1 unspecified atom stereocenters. The number of nitrogens with one attached hydrogen (secondary N) is 1. The van der Waals surface area contributed by atoms with Crippen LogP contribution in [0.15, 0.2) is 35.7 Å². The summed E-state index contributed by atoms with van der Waals surface area (Å²) < 4.78 is 13.3. The quantitative estimate of drug-likeness (QED) is 0.911. The van der Waals surface area contributed by atoms with Gasteiger partial charge in [-0.2, -0.15) is 0 Å². The van der Waals surface area contributed by atoms with Crippen molar-refractivity contribution in [2.24, 2.45) is 0 Å². The SMILES string of the molecule is CC(O)(CNC(=O)c1ccc(Cl)c(F)c1)c1cccs1. The first-order valence-electron chi connectivity index (χ1n) is 5.90. The Morgan fingerprint density at radius 1 is 1.50 bits per heavy atom. The second kappa shape index (κ2) is 5.91. The molecule has 0 aliphatic carbocycles. The zero-order valence-electron chi connectivity index (χ0n) is 10.7. The highest BCUT2D eigenvalue weighted by Crippen LogP contribution is 2.24. The van der Waals surface area contributed by atoms with E-state index in [4.69, 9.17) is 11.6 Å². The Labute approximate surface area is 125 Å². The van der Waals surface area contributed by atoms with Crippen LogP contribution in [0.4, 0.5) is 4.39 Å². The van der Waals surface area contributed by atoms with Gasteiger partial charge in [0.25, 0.3) is 5.91 Å². The van der Waals surface area contributed by atoms with E-state index in [1.807, 2.05) is 11.4 Å². The van der Waals surface area contributed by atoms with Gasteiger partial charge in [-0.3, -0.25) is 4.79 Å². The Morgan fingerprint density at radius 3 is 2.85 bits per heavy atom. The Kier molecular flexibility index (Phi) is 4.42. The molecule has 20 heavy (non-hydrogen) atoms. The van der Waals surface area contributed by atoms with E-state index in [-0.39, 0.29) is 17.1 Å². The molecule has 1 aromatic heterocycles. The van der Waals surface area contributed by atoms with Crippen molar-refractivity contribution in [2.75, 3.05) is 6.54 Å². The predicted octanol–water partition coefficient (Wildman–Crippen LogP) is 3.18. The van der Waals surface area contributed by atoms with Crippen molar-refractivity contribution in [3.8, 4) is 0 Å². The molecule has 2 rings (SSSR count). The van der Waals surface area contributed by atoms with Crippen LogP contribution in [0.25, 0.3) is 0 Å². The van der Waals surface area contributed by atoms with Gasteiger partial charge in [0.15, 0.2) is 0 Å². The lowest BCUT2D eigenvalue weighted by Gasteiger charge is -2.22. The van der Waals surface area contributed by atoms with Gasteiger partial charge in [-0.15, -0.1) is 11.3 Å². The van der Waals surface area contributed by atoms with Crippen LogP contribution in [0.5, 0.6) is 0 Å². The first kappa shape index (κ1) is 15.0. The average molecular weight is 314 g/mol. The number of amides is 1. The lowest BCUT2D eigenvalue weighted by atomic mass is 10.1. The summed E-state index contributed by atoms with van der Waals surface area (Å²) in [6.07, 6.45) is 0. The van der Waals surface area contributed by atoms with Crippen LogP contribution in [0.1, 0.15) is 22.2 Å². The molecule has 106 valence electrons. The summed E-state index contributed by atoms with van der Waals surface area (Å²) >= 11 is 6.96. The molecule has 0 radical (unpaired) electrons. The van der Waals surface area contributed by atoms with Gasteiger partial charge in [-0.05, 0) is 36.6 Å². The molecule has 1 amide bonds. The summed E-state index contributed by atoms with van der Waals surface area (Å²) in [7, 11) is 0. The number of carbonyl (C=O) groups excluding carboxylic acids is 1. The molecule has 0 spiro atoms. The summed E-state index contributed by atoms with van der Waals surface area (Å²) in [6.45, 7) is 1.65. The van der Waals surface area contributed by atoms with Gasteiger partial charge in [-0.1, -0.05) is 17.7 Å². The topological polar surface area (TPSA) is 49.3 Å². The van der Waals surface area contributed by atoms with Crippen LogP contribution in [-0.4, -0.2) is 17.6 Å². The molecule has 1 heterocycles. The van der Waals surface area contributed by atoms with E-state index in [0.717, 1.165) is 10.9 Å². The van der Waals surface area contributed by atoms with Gasteiger partial charge >= 0.3 is 0 Å². The molecule has 6 heteroatoms. The molecular weight excluding hydrogens is 301 g/mol. The third-order valence-corrected chi connectivity index (χ3v) is 4.26. The highest BCUT2D eigenvalue weighted by molar-refractivity contribution is 7.10. The second-order valence-electron chi connectivity index (χ2n) is 4.56. The predicted molar refractivity (Wildman–Crippen MR) is 77.6 cm³/mol. The minimum Gasteiger partial charge on any atom is -0.383 e. The van der Waals surface area contributed by atoms with Crippen LogP contribution in [0.3, 0.4) is 0 Å². The van der Waals surface area contributed by atoms with Crippen molar-refractivity contribution >= 4 is 28.8 Å². The molecule has 0 aliphatic rings. The fourth-order valence-corrected chi connectivity index (χ4v) is 2.57. The Balaban J connectivity index is 2.03. The zero-order chi connectivity index (χ0) is 14.8. The summed E-state index contributed by atoms with van der Waals surface area (Å²) in [5, 5.41) is 14.7. The number of hydrogen-bond donors (Lipinski definition) is 2. The van der Waals surface area contributed by atoms with Crippen molar-refractivity contribution in [1.29, 1.82) is 0 Å². The number of benzene rings is 1. The van der Waals surface area contributed by atoms with Crippen molar-refractivity contribution in [3.05, 3.63) is 57.0 Å². The van der Waals surface area contributed by atoms with Crippen molar-refractivity contribution in [2.45, 2.75) is 12.5 Å². The molecule has 0 saturated heterocycles. The van der Waals surface area contributed by atoms with E-state index >= 15 is 0 Å². The minimum atomic E-state index is -1.16. The summed E-state index contributed by atoms with van der Waals surface area (Å²) in [5.41, 5.74) is -0.997. The first-order valence-corrected chi connectivity index (χ1v) is 7.15. The van der Waals surface area contributed by atoms with Crippen LogP contribution < -0.4 is 5.32 Å². The highest BCUT2D eigenvalue weighted by atomic mass is 35.5. The maximum absolute atomic E-state index is 13.3. The van der Waals surface area contributed by atoms with Gasteiger partial charge in [0.1, 0.15) is 11.4 Å². The third kappa shape index (κ3) is 3.36. The molecule has 0 bridgehead atoms. The fourth-order valence-electron chi connectivity index (χ4n) is 1.66. The summed E-state index contributed by atoms with van der Waals surface area (Å²) in [6, 6.07) is 7.44. The molecule has 2 aromatic rings. The van der Waals surface area contributed by atoms with Crippen molar-refractivity contribution < 1.29 is 14.3 Å². The van der Waals surface area contributed by atoms with Crippen LogP contribution in [0.2, 0.25) is 5.02 Å². The molecule has 0 aliphatic heterocycles. The van der Waals surface area contributed by atoms with E-state index in [1.165, 1.54) is 23.5 Å². The molecule has 2 N–H and O–H groups in total. The fraction of sp³-hybridized carbons (Fsp3) is 0.214. The van der Waals surface area contributed by atoms with Crippen LogP contribution >= 0.6 is 22.9 Å². The average Bonchev–Trinajstić information content (AvgIpc) is 2.94. The molecule has 3 nitrogen and oxygen atoms in total.